The number of hydrogen-bond donors (Lipinski definition) is 2. The summed E-state index contributed by atoms with van der Waals surface area (Å²) in [6, 6.07) is 5.52. The molecular weight excluding hydrogens is 178 g/mol. The molecule has 0 amide bonds. The van der Waals surface area contributed by atoms with Crippen molar-refractivity contribution in [1.82, 2.24) is 0 Å². The van der Waals surface area contributed by atoms with Crippen LogP contribution in [-0.2, 0) is 6.42 Å². The molecule has 0 unspecified atom stereocenters. The SMILES string of the molecule is CCc1ccc(OC)c([C@@H](N)CO)c1. The van der Waals surface area contributed by atoms with Gasteiger partial charge < -0.3 is 15.6 Å². The van der Waals surface area contributed by atoms with Crippen LogP contribution in [0.15, 0.2) is 18.2 Å². The molecule has 0 saturated carbocycles. The molecule has 1 rings (SSSR count). The van der Waals surface area contributed by atoms with E-state index in [4.69, 9.17) is 15.6 Å². The Kier molecular flexibility index (Phi) is 3.92. The lowest BCUT2D eigenvalue weighted by Gasteiger charge is -2.14. The van der Waals surface area contributed by atoms with Crippen molar-refractivity contribution < 1.29 is 9.84 Å². The summed E-state index contributed by atoms with van der Waals surface area (Å²) in [6.45, 7) is 2.01. The summed E-state index contributed by atoms with van der Waals surface area (Å²) >= 11 is 0. The van der Waals surface area contributed by atoms with Crippen LogP contribution in [0.3, 0.4) is 0 Å². The highest BCUT2D eigenvalue weighted by molar-refractivity contribution is 5.39. The van der Waals surface area contributed by atoms with Gasteiger partial charge in [0, 0.05) is 5.56 Å². The van der Waals surface area contributed by atoms with Crippen molar-refractivity contribution in [2.24, 2.45) is 5.73 Å². The van der Waals surface area contributed by atoms with Gasteiger partial charge in [0.25, 0.3) is 0 Å². The fourth-order valence-corrected chi connectivity index (χ4v) is 1.39. The Labute approximate surface area is 84.5 Å². The summed E-state index contributed by atoms with van der Waals surface area (Å²) in [6.07, 6.45) is 0.954. The van der Waals surface area contributed by atoms with Crippen molar-refractivity contribution in [2.45, 2.75) is 19.4 Å². The van der Waals surface area contributed by atoms with Crippen LogP contribution in [0.4, 0.5) is 0 Å². The first-order valence-corrected chi connectivity index (χ1v) is 4.76. The largest absolute Gasteiger partial charge is 0.496 e. The molecular formula is C11H17NO2. The zero-order valence-corrected chi connectivity index (χ0v) is 8.66. The maximum atomic E-state index is 8.99. The highest BCUT2D eigenvalue weighted by atomic mass is 16.5. The maximum Gasteiger partial charge on any atom is 0.123 e. The Hall–Kier alpha value is -1.06. The average Bonchev–Trinajstić information content (AvgIpc) is 2.27. The number of benzene rings is 1. The fourth-order valence-electron chi connectivity index (χ4n) is 1.39. The van der Waals surface area contributed by atoms with E-state index in [9.17, 15) is 0 Å². The maximum absolute atomic E-state index is 8.99. The van der Waals surface area contributed by atoms with Crippen LogP contribution in [0.5, 0.6) is 5.75 Å². The number of ether oxygens (including phenoxy) is 1. The molecule has 0 aliphatic heterocycles. The second-order valence-corrected chi connectivity index (χ2v) is 3.22. The van der Waals surface area contributed by atoms with E-state index in [2.05, 4.69) is 6.92 Å². The monoisotopic (exact) mass is 195 g/mol. The van der Waals surface area contributed by atoms with Gasteiger partial charge in [-0.25, -0.2) is 0 Å². The van der Waals surface area contributed by atoms with Crippen LogP contribution in [0.1, 0.15) is 24.1 Å². The number of aliphatic hydroxyl groups is 1. The Morgan fingerprint density at radius 3 is 2.71 bits per heavy atom. The third-order valence-electron chi connectivity index (χ3n) is 2.30. The molecule has 0 fully saturated rings. The molecule has 0 bridgehead atoms. The van der Waals surface area contributed by atoms with Crippen LogP contribution in [0.25, 0.3) is 0 Å². The first kappa shape index (κ1) is 11.0. The van der Waals surface area contributed by atoms with E-state index >= 15 is 0 Å². The smallest absolute Gasteiger partial charge is 0.123 e. The Morgan fingerprint density at radius 2 is 2.21 bits per heavy atom. The normalized spacial score (nSPS) is 12.6. The third kappa shape index (κ3) is 2.25. The van der Waals surface area contributed by atoms with Crippen molar-refractivity contribution in [3.8, 4) is 5.75 Å². The van der Waals surface area contributed by atoms with Crippen LogP contribution in [0.2, 0.25) is 0 Å². The lowest BCUT2D eigenvalue weighted by molar-refractivity contribution is 0.264. The molecule has 3 nitrogen and oxygen atoms in total. The van der Waals surface area contributed by atoms with Gasteiger partial charge >= 0.3 is 0 Å². The summed E-state index contributed by atoms with van der Waals surface area (Å²) in [5.74, 6) is 0.740. The third-order valence-corrected chi connectivity index (χ3v) is 2.30. The Balaban J connectivity index is 3.08. The molecule has 0 saturated heterocycles. The van der Waals surface area contributed by atoms with Gasteiger partial charge in [0.15, 0.2) is 0 Å². The molecule has 0 spiro atoms. The first-order chi connectivity index (χ1) is 6.72. The van der Waals surface area contributed by atoms with E-state index in [-0.39, 0.29) is 12.6 Å². The van der Waals surface area contributed by atoms with Crippen LogP contribution in [-0.4, -0.2) is 18.8 Å². The van der Waals surface area contributed by atoms with Gasteiger partial charge in [0.2, 0.25) is 0 Å². The molecule has 1 aromatic rings. The molecule has 78 valence electrons. The minimum absolute atomic E-state index is 0.0659. The van der Waals surface area contributed by atoms with Crippen LogP contribution < -0.4 is 10.5 Å². The minimum Gasteiger partial charge on any atom is -0.496 e. The van der Waals surface area contributed by atoms with E-state index in [1.165, 1.54) is 5.56 Å². The number of methoxy groups -OCH3 is 1. The van der Waals surface area contributed by atoms with E-state index in [0.29, 0.717) is 0 Å². The molecule has 1 atom stereocenters. The van der Waals surface area contributed by atoms with Gasteiger partial charge in [0.05, 0.1) is 19.8 Å². The molecule has 0 radical (unpaired) electrons. The van der Waals surface area contributed by atoms with Gasteiger partial charge in [-0.15, -0.1) is 0 Å². The van der Waals surface area contributed by atoms with Crippen molar-refractivity contribution in [2.75, 3.05) is 13.7 Å². The zero-order valence-electron chi connectivity index (χ0n) is 8.66. The predicted octanol–water partition coefficient (Wildman–Crippen LogP) is 1.25. The van der Waals surface area contributed by atoms with E-state index < -0.39 is 0 Å². The first-order valence-electron chi connectivity index (χ1n) is 4.76. The summed E-state index contributed by atoms with van der Waals surface area (Å²) in [5.41, 5.74) is 7.83. The van der Waals surface area contributed by atoms with Crippen molar-refractivity contribution in [3.05, 3.63) is 29.3 Å². The second-order valence-electron chi connectivity index (χ2n) is 3.22. The molecule has 0 aliphatic rings. The Morgan fingerprint density at radius 1 is 1.50 bits per heavy atom. The summed E-state index contributed by atoms with van der Waals surface area (Å²) < 4.78 is 5.18. The number of aliphatic hydroxyl groups excluding tert-OH is 1. The predicted molar refractivity (Wildman–Crippen MR) is 56.4 cm³/mol. The second kappa shape index (κ2) is 4.98. The van der Waals surface area contributed by atoms with Crippen LogP contribution in [0, 0.1) is 0 Å². The molecule has 0 aromatic heterocycles. The lowest BCUT2D eigenvalue weighted by Crippen LogP contribution is -2.15. The number of hydrogen-bond acceptors (Lipinski definition) is 3. The molecule has 1 aromatic carbocycles. The van der Waals surface area contributed by atoms with Crippen LogP contribution >= 0.6 is 0 Å². The quantitative estimate of drug-likeness (QED) is 0.760. The average molecular weight is 195 g/mol. The number of aryl methyl sites for hydroxylation is 1. The van der Waals surface area contributed by atoms with Gasteiger partial charge in [-0.05, 0) is 18.1 Å². The van der Waals surface area contributed by atoms with Gasteiger partial charge in [-0.1, -0.05) is 19.1 Å². The van der Waals surface area contributed by atoms with Crippen molar-refractivity contribution in [3.63, 3.8) is 0 Å². The Bertz CT molecular complexity index is 299. The summed E-state index contributed by atoms with van der Waals surface area (Å²) in [7, 11) is 1.61. The molecule has 0 heterocycles. The lowest BCUT2D eigenvalue weighted by atomic mass is 10.0. The highest BCUT2D eigenvalue weighted by Gasteiger charge is 2.11. The summed E-state index contributed by atoms with van der Waals surface area (Å²) in [4.78, 5) is 0. The molecule has 3 heteroatoms. The van der Waals surface area contributed by atoms with E-state index in [1.807, 2.05) is 18.2 Å². The zero-order chi connectivity index (χ0) is 10.6. The van der Waals surface area contributed by atoms with E-state index in [0.717, 1.165) is 17.7 Å². The van der Waals surface area contributed by atoms with Crippen molar-refractivity contribution in [1.29, 1.82) is 0 Å². The van der Waals surface area contributed by atoms with E-state index in [1.54, 1.807) is 7.11 Å². The standard InChI is InChI=1S/C11H17NO2/c1-3-8-4-5-11(14-2)9(6-8)10(12)7-13/h4-6,10,13H,3,7,12H2,1-2H3/t10-/m0/s1. The fraction of sp³-hybridized carbons (Fsp3) is 0.455. The van der Waals surface area contributed by atoms with Crippen molar-refractivity contribution >= 4 is 0 Å². The number of nitrogens with two attached hydrogens (primary N) is 1. The topological polar surface area (TPSA) is 55.5 Å². The van der Waals surface area contributed by atoms with Gasteiger partial charge in [-0.2, -0.15) is 0 Å². The molecule has 14 heavy (non-hydrogen) atoms. The highest BCUT2D eigenvalue weighted by Crippen LogP contribution is 2.24. The minimum atomic E-state index is -0.364. The number of rotatable bonds is 4. The summed E-state index contributed by atoms with van der Waals surface area (Å²) in [5, 5.41) is 8.99. The molecule has 3 N–H and O–H groups in total. The van der Waals surface area contributed by atoms with Gasteiger partial charge in [0.1, 0.15) is 5.75 Å². The van der Waals surface area contributed by atoms with Gasteiger partial charge in [-0.3, -0.25) is 0 Å². The molecule has 0 aliphatic carbocycles.